The van der Waals surface area contributed by atoms with Crippen LogP contribution in [0.1, 0.15) is 27.9 Å². The third kappa shape index (κ3) is 5.42. The molecule has 32 heavy (non-hydrogen) atoms. The molecule has 9 nitrogen and oxygen atoms in total. The first-order valence-electron chi connectivity index (χ1n) is 10.1. The van der Waals surface area contributed by atoms with E-state index in [9.17, 15) is 19.2 Å². The number of amides is 3. The lowest BCUT2D eigenvalue weighted by Crippen LogP contribution is -2.31. The van der Waals surface area contributed by atoms with E-state index in [1.807, 2.05) is 0 Å². The van der Waals surface area contributed by atoms with Crippen LogP contribution in [0.5, 0.6) is 0 Å². The lowest BCUT2D eigenvalue weighted by Gasteiger charge is -2.16. The summed E-state index contributed by atoms with van der Waals surface area (Å²) < 4.78 is 4.74. The maximum absolute atomic E-state index is 12.4. The number of nitrogens with one attached hydrogen (secondary N) is 2. The van der Waals surface area contributed by atoms with E-state index in [1.54, 1.807) is 54.3 Å². The monoisotopic (exact) mass is 439 g/mol. The molecule has 9 heteroatoms. The van der Waals surface area contributed by atoms with E-state index in [1.165, 1.54) is 7.11 Å². The van der Waals surface area contributed by atoms with Crippen LogP contribution in [0.4, 0.5) is 16.2 Å². The summed E-state index contributed by atoms with van der Waals surface area (Å²) in [7, 11) is 1.30. The summed E-state index contributed by atoms with van der Waals surface area (Å²) in [6.07, 6.45) is 0.638. The molecule has 1 atom stereocenters. The van der Waals surface area contributed by atoms with Crippen molar-refractivity contribution in [3.63, 3.8) is 0 Å². The predicted octanol–water partition coefficient (Wildman–Crippen LogP) is 2.90. The molecule has 2 aromatic rings. The van der Waals surface area contributed by atoms with E-state index >= 15 is 0 Å². The number of carbonyl (C=O) groups excluding carboxylic acids is 3. The summed E-state index contributed by atoms with van der Waals surface area (Å²) >= 11 is 0. The number of anilines is 2. The van der Waals surface area contributed by atoms with Gasteiger partial charge in [0.1, 0.15) is 0 Å². The van der Waals surface area contributed by atoms with Crippen molar-refractivity contribution in [1.29, 1.82) is 0 Å². The average molecular weight is 439 g/mol. The zero-order valence-corrected chi connectivity index (χ0v) is 17.9. The minimum absolute atomic E-state index is 0.117. The molecule has 1 saturated heterocycles. The molecule has 168 valence electrons. The van der Waals surface area contributed by atoms with E-state index in [0.717, 1.165) is 5.56 Å². The number of likely N-dealkylation sites (tertiary alicyclic amines) is 1. The van der Waals surface area contributed by atoms with Crippen LogP contribution >= 0.6 is 0 Å². The zero-order chi connectivity index (χ0) is 23.3. The van der Waals surface area contributed by atoms with Crippen molar-refractivity contribution in [1.82, 2.24) is 4.90 Å². The first-order valence-corrected chi connectivity index (χ1v) is 10.1. The Morgan fingerprint density at radius 1 is 1.09 bits per heavy atom. The largest absolute Gasteiger partial charge is 0.481 e. The highest BCUT2D eigenvalue weighted by atomic mass is 16.5. The van der Waals surface area contributed by atoms with Gasteiger partial charge in [0.15, 0.2) is 0 Å². The fourth-order valence-electron chi connectivity index (χ4n) is 3.57. The van der Waals surface area contributed by atoms with Gasteiger partial charge in [-0.1, -0.05) is 18.2 Å². The maximum atomic E-state index is 12.4. The van der Waals surface area contributed by atoms with Crippen molar-refractivity contribution in [3.05, 3.63) is 59.2 Å². The number of carboxylic acid groups (broad SMARTS) is 1. The van der Waals surface area contributed by atoms with Crippen LogP contribution in [0, 0.1) is 12.8 Å². The molecule has 0 aliphatic carbocycles. The topological polar surface area (TPSA) is 125 Å². The molecule has 0 radical (unpaired) electrons. The van der Waals surface area contributed by atoms with Gasteiger partial charge in [-0.2, -0.15) is 0 Å². The molecule has 3 N–H and O–H groups in total. The zero-order valence-electron chi connectivity index (χ0n) is 17.9. The molecule has 0 saturated carbocycles. The van der Waals surface area contributed by atoms with Gasteiger partial charge in [-0.15, -0.1) is 0 Å². The minimum atomic E-state index is -0.874. The Labute approximate surface area is 185 Å². The van der Waals surface area contributed by atoms with Crippen LogP contribution in [-0.4, -0.2) is 54.1 Å². The third-order valence-corrected chi connectivity index (χ3v) is 5.44. The molecule has 3 rings (SSSR count). The molecule has 1 fully saturated rings. The van der Waals surface area contributed by atoms with E-state index in [2.05, 4.69) is 10.6 Å². The van der Waals surface area contributed by atoms with Crippen LogP contribution in [0.25, 0.3) is 0 Å². The molecule has 2 aromatic carbocycles. The van der Waals surface area contributed by atoms with Crippen LogP contribution in [0.2, 0.25) is 0 Å². The van der Waals surface area contributed by atoms with Crippen molar-refractivity contribution < 1.29 is 29.0 Å². The first-order chi connectivity index (χ1) is 15.3. The second kappa shape index (κ2) is 9.95. The molecule has 1 heterocycles. The molecule has 3 amide bonds. The standard InChI is InChI=1S/C23H25N3O6/c1-14-18(22(30)32-2)4-3-5-19(14)25-23(31)24-17-8-6-15(7-9-17)12-20(27)26-11-10-16(13-26)21(28)29/h3-9,16H,10-13H2,1-2H3,(H,28,29)(H2,24,25,31). The van der Waals surface area contributed by atoms with Crippen molar-refractivity contribution in [2.45, 2.75) is 19.8 Å². The number of rotatable bonds is 6. The number of carbonyl (C=O) groups is 4. The number of urea groups is 1. The number of methoxy groups -OCH3 is 1. The number of nitrogens with zero attached hydrogens (tertiary/aromatic N) is 1. The second-order valence-electron chi connectivity index (χ2n) is 7.59. The minimum Gasteiger partial charge on any atom is -0.481 e. The van der Waals surface area contributed by atoms with E-state index in [0.29, 0.717) is 35.5 Å². The van der Waals surface area contributed by atoms with Gasteiger partial charge in [0, 0.05) is 24.5 Å². The van der Waals surface area contributed by atoms with Gasteiger partial charge in [-0.05, 0) is 48.7 Å². The number of aliphatic carboxylic acids is 1. The number of hydrogen-bond donors (Lipinski definition) is 3. The normalized spacial score (nSPS) is 15.2. The summed E-state index contributed by atoms with van der Waals surface area (Å²) in [6, 6.07) is 11.3. The Kier molecular flexibility index (Phi) is 7.09. The van der Waals surface area contributed by atoms with E-state index in [4.69, 9.17) is 9.84 Å². The van der Waals surface area contributed by atoms with E-state index < -0.39 is 23.9 Å². The summed E-state index contributed by atoms with van der Waals surface area (Å²) in [6.45, 7) is 2.41. The summed E-state index contributed by atoms with van der Waals surface area (Å²) in [4.78, 5) is 49.2. The highest BCUT2D eigenvalue weighted by Gasteiger charge is 2.30. The summed E-state index contributed by atoms with van der Waals surface area (Å²) in [5.41, 5.74) is 2.74. The lowest BCUT2D eigenvalue weighted by molar-refractivity contribution is -0.141. The molecule has 1 aliphatic rings. The van der Waals surface area contributed by atoms with Gasteiger partial charge in [0.2, 0.25) is 5.91 Å². The number of carboxylic acids is 1. The lowest BCUT2D eigenvalue weighted by atomic mass is 10.1. The summed E-state index contributed by atoms with van der Waals surface area (Å²) in [5.74, 6) is -1.97. The number of hydrogen-bond acceptors (Lipinski definition) is 5. The Balaban J connectivity index is 1.56. The molecular formula is C23H25N3O6. The Hall–Kier alpha value is -3.88. The van der Waals surface area contributed by atoms with Gasteiger partial charge >= 0.3 is 18.0 Å². The molecule has 0 spiro atoms. The smallest absolute Gasteiger partial charge is 0.338 e. The van der Waals surface area contributed by atoms with Crippen LogP contribution in [0.3, 0.4) is 0 Å². The Morgan fingerprint density at radius 3 is 2.44 bits per heavy atom. The van der Waals surface area contributed by atoms with Gasteiger partial charge in [0.05, 0.1) is 25.0 Å². The molecule has 0 aromatic heterocycles. The summed E-state index contributed by atoms with van der Waals surface area (Å²) in [5, 5.41) is 14.5. The third-order valence-electron chi connectivity index (χ3n) is 5.44. The fraction of sp³-hybridized carbons (Fsp3) is 0.304. The van der Waals surface area contributed by atoms with Crippen LogP contribution in [0.15, 0.2) is 42.5 Å². The van der Waals surface area contributed by atoms with Crippen molar-refractivity contribution in [2.75, 3.05) is 30.8 Å². The maximum Gasteiger partial charge on any atom is 0.338 e. The van der Waals surface area contributed by atoms with Crippen LogP contribution in [-0.2, 0) is 20.7 Å². The average Bonchev–Trinajstić information content (AvgIpc) is 3.27. The van der Waals surface area contributed by atoms with E-state index in [-0.39, 0.29) is 18.9 Å². The molecular weight excluding hydrogens is 414 g/mol. The highest BCUT2D eigenvalue weighted by Crippen LogP contribution is 2.21. The van der Waals surface area contributed by atoms with Crippen molar-refractivity contribution >= 4 is 35.3 Å². The SMILES string of the molecule is COC(=O)c1cccc(NC(=O)Nc2ccc(CC(=O)N3CCC(C(=O)O)C3)cc2)c1C. The fourth-order valence-corrected chi connectivity index (χ4v) is 3.57. The highest BCUT2D eigenvalue weighted by molar-refractivity contribution is 6.02. The molecule has 1 aliphatic heterocycles. The van der Waals surface area contributed by atoms with Crippen molar-refractivity contribution in [2.24, 2.45) is 5.92 Å². The van der Waals surface area contributed by atoms with Gasteiger partial charge in [0.25, 0.3) is 0 Å². The van der Waals surface area contributed by atoms with Gasteiger partial charge in [-0.3, -0.25) is 9.59 Å². The van der Waals surface area contributed by atoms with Crippen LogP contribution < -0.4 is 10.6 Å². The second-order valence-corrected chi connectivity index (χ2v) is 7.59. The molecule has 1 unspecified atom stereocenters. The van der Waals surface area contributed by atoms with Gasteiger partial charge < -0.3 is 25.4 Å². The number of benzene rings is 2. The Morgan fingerprint density at radius 2 is 1.81 bits per heavy atom. The predicted molar refractivity (Wildman–Crippen MR) is 118 cm³/mol. The first kappa shape index (κ1) is 22.8. The number of esters is 1. The van der Waals surface area contributed by atoms with Crippen molar-refractivity contribution in [3.8, 4) is 0 Å². The van der Waals surface area contributed by atoms with Gasteiger partial charge in [-0.25, -0.2) is 9.59 Å². The molecule has 0 bridgehead atoms. The Bertz CT molecular complexity index is 1030. The quantitative estimate of drug-likeness (QED) is 0.595. The number of ether oxygens (including phenoxy) is 1.